The first-order valence-corrected chi connectivity index (χ1v) is 10.4. The van der Waals surface area contributed by atoms with E-state index in [1.54, 1.807) is 11.8 Å². The van der Waals surface area contributed by atoms with Gasteiger partial charge in [-0.2, -0.15) is 11.8 Å². The number of carbonyl (C=O) groups excluding carboxylic acids is 2. The molecule has 0 aliphatic carbocycles. The minimum atomic E-state index is -0.668. The molecule has 0 fully saturated rings. The second-order valence-corrected chi connectivity index (χ2v) is 8.30. The zero-order chi connectivity index (χ0) is 19.2. The second-order valence-electron chi connectivity index (χ2n) is 7.31. The summed E-state index contributed by atoms with van der Waals surface area (Å²) in [6.07, 6.45) is 3.55. The molecule has 3 amide bonds. The predicted octanol–water partition coefficient (Wildman–Crippen LogP) is 1.73. The number of hydrogen-bond donors (Lipinski definition) is 3. The van der Waals surface area contributed by atoms with Crippen molar-refractivity contribution in [2.24, 2.45) is 5.73 Å². The fourth-order valence-corrected chi connectivity index (χ4v) is 3.70. The Hall–Kier alpha value is -1.73. The number of nitrogens with one attached hydrogen (secondary N) is 2. The molecule has 1 heterocycles. The number of urea groups is 1. The van der Waals surface area contributed by atoms with Gasteiger partial charge in [-0.15, -0.1) is 0 Å². The highest BCUT2D eigenvalue weighted by atomic mass is 32.2. The second kappa shape index (κ2) is 9.28. The molecule has 0 bridgehead atoms. The van der Waals surface area contributed by atoms with Gasteiger partial charge in [0, 0.05) is 25.2 Å². The van der Waals surface area contributed by atoms with Crippen LogP contribution in [0.1, 0.15) is 31.4 Å². The van der Waals surface area contributed by atoms with Crippen LogP contribution in [0.15, 0.2) is 24.3 Å². The zero-order valence-electron chi connectivity index (χ0n) is 15.9. The van der Waals surface area contributed by atoms with Gasteiger partial charge in [0.15, 0.2) is 0 Å². The number of carbonyl (C=O) groups is 2. The van der Waals surface area contributed by atoms with Crippen LogP contribution in [-0.4, -0.2) is 53.5 Å². The van der Waals surface area contributed by atoms with Crippen molar-refractivity contribution in [2.75, 3.05) is 25.1 Å². The Morgan fingerprint density at radius 2 is 2.00 bits per heavy atom. The molecule has 1 aromatic rings. The Morgan fingerprint density at radius 1 is 1.31 bits per heavy atom. The average molecular weight is 379 g/mol. The highest BCUT2D eigenvalue weighted by Gasteiger charge is 2.31. The molecule has 2 rings (SSSR count). The summed E-state index contributed by atoms with van der Waals surface area (Å²) in [6, 6.07) is 7.26. The Labute approximate surface area is 160 Å². The zero-order valence-corrected chi connectivity index (χ0v) is 16.7. The summed E-state index contributed by atoms with van der Waals surface area (Å²) < 4.78 is 0. The van der Waals surface area contributed by atoms with Crippen molar-refractivity contribution < 1.29 is 9.59 Å². The highest BCUT2D eigenvalue weighted by molar-refractivity contribution is 7.98. The summed E-state index contributed by atoms with van der Waals surface area (Å²) in [6.45, 7) is 6.65. The van der Waals surface area contributed by atoms with E-state index >= 15 is 0 Å². The number of nitrogens with zero attached hydrogens (tertiary/aromatic N) is 1. The lowest BCUT2D eigenvalue weighted by molar-refractivity contribution is -0.123. The molecule has 1 atom stereocenters. The van der Waals surface area contributed by atoms with Crippen LogP contribution in [-0.2, 0) is 17.8 Å². The molecule has 1 aromatic carbocycles. The molecule has 0 saturated carbocycles. The summed E-state index contributed by atoms with van der Waals surface area (Å²) in [5.74, 6) is 0.605. The maximum Gasteiger partial charge on any atom is 0.312 e. The van der Waals surface area contributed by atoms with Gasteiger partial charge in [-0.05, 0) is 49.8 Å². The third-order valence-corrected chi connectivity index (χ3v) is 5.57. The van der Waals surface area contributed by atoms with Crippen LogP contribution in [0.4, 0.5) is 4.79 Å². The van der Waals surface area contributed by atoms with Crippen LogP contribution in [0.25, 0.3) is 0 Å². The number of amides is 3. The van der Waals surface area contributed by atoms with Gasteiger partial charge in [0.1, 0.15) is 6.04 Å². The SMILES string of the molecule is CSCCC(NC(N)=O)C(=O)NCC(C)(C)N1CCc2ccccc2C1. The highest BCUT2D eigenvalue weighted by Crippen LogP contribution is 2.24. The topological polar surface area (TPSA) is 87.5 Å². The summed E-state index contributed by atoms with van der Waals surface area (Å²) in [5, 5.41) is 5.54. The van der Waals surface area contributed by atoms with E-state index in [2.05, 4.69) is 53.6 Å². The van der Waals surface area contributed by atoms with Crippen LogP contribution in [0.3, 0.4) is 0 Å². The number of nitrogens with two attached hydrogens (primary N) is 1. The lowest BCUT2D eigenvalue weighted by Crippen LogP contribution is -2.56. The number of hydrogen-bond acceptors (Lipinski definition) is 4. The van der Waals surface area contributed by atoms with Crippen molar-refractivity contribution in [3.05, 3.63) is 35.4 Å². The van der Waals surface area contributed by atoms with Crippen molar-refractivity contribution in [1.29, 1.82) is 0 Å². The fraction of sp³-hybridized carbons (Fsp3) is 0.579. The summed E-state index contributed by atoms with van der Waals surface area (Å²) >= 11 is 1.63. The molecule has 0 spiro atoms. The third kappa shape index (κ3) is 5.64. The minimum Gasteiger partial charge on any atom is -0.352 e. The van der Waals surface area contributed by atoms with Crippen LogP contribution in [0.2, 0.25) is 0 Å². The maximum atomic E-state index is 12.5. The van der Waals surface area contributed by atoms with E-state index in [1.165, 1.54) is 11.1 Å². The van der Waals surface area contributed by atoms with E-state index in [9.17, 15) is 9.59 Å². The number of benzene rings is 1. The summed E-state index contributed by atoms with van der Waals surface area (Å²) in [4.78, 5) is 26.1. The van der Waals surface area contributed by atoms with E-state index in [0.717, 1.165) is 25.3 Å². The van der Waals surface area contributed by atoms with Crippen LogP contribution in [0, 0.1) is 0 Å². The molecular weight excluding hydrogens is 348 g/mol. The number of fused-ring (bicyclic) bond motifs is 1. The standard InChI is InChI=1S/C19H30N4O2S/c1-19(2,23-10-8-14-6-4-5-7-15(14)12-23)13-21-17(24)16(9-11-26-3)22-18(20)25/h4-7,16H,8-13H2,1-3H3,(H,21,24)(H3,20,22,25). The van der Waals surface area contributed by atoms with Gasteiger partial charge in [0.2, 0.25) is 5.91 Å². The Morgan fingerprint density at radius 3 is 2.65 bits per heavy atom. The van der Waals surface area contributed by atoms with Gasteiger partial charge >= 0.3 is 6.03 Å². The molecule has 0 aromatic heterocycles. The van der Waals surface area contributed by atoms with Crippen molar-refractivity contribution in [2.45, 2.75) is 44.8 Å². The third-order valence-electron chi connectivity index (χ3n) is 4.93. The molecule has 7 heteroatoms. The summed E-state index contributed by atoms with van der Waals surface area (Å²) in [7, 11) is 0. The van der Waals surface area contributed by atoms with E-state index in [-0.39, 0.29) is 11.4 Å². The summed E-state index contributed by atoms with van der Waals surface area (Å²) in [5.41, 5.74) is 7.78. The molecule has 6 nitrogen and oxygen atoms in total. The first-order chi connectivity index (χ1) is 12.3. The van der Waals surface area contributed by atoms with Crippen molar-refractivity contribution in [1.82, 2.24) is 15.5 Å². The Kier molecular flexibility index (Phi) is 7.34. The van der Waals surface area contributed by atoms with E-state index in [1.807, 2.05) is 6.26 Å². The van der Waals surface area contributed by atoms with Crippen molar-refractivity contribution in [3.8, 4) is 0 Å². The van der Waals surface area contributed by atoms with Crippen LogP contribution >= 0.6 is 11.8 Å². The number of rotatable bonds is 8. The lowest BCUT2D eigenvalue weighted by Gasteiger charge is -2.42. The first kappa shape index (κ1) is 20.6. The molecular formula is C19H30N4O2S. The van der Waals surface area contributed by atoms with Gasteiger partial charge in [0.25, 0.3) is 0 Å². The monoisotopic (exact) mass is 378 g/mol. The minimum absolute atomic E-state index is 0.177. The van der Waals surface area contributed by atoms with Gasteiger partial charge in [-0.3, -0.25) is 9.69 Å². The number of primary amides is 1. The predicted molar refractivity (Wildman–Crippen MR) is 107 cm³/mol. The van der Waals surface area contributed by atoms with E-state index < -0.39 is 12.1 Å². The van der Waals surface area contributed by atoms with Crippen molar-refractivity contribution >= 4 is 23.7 Å². The van der Waals surface area contributed by atoms with Crippen LogP contribution < -0.4 is 16.4 Å². The average Bonchev–Trinajstić information content (AvgIpc) is 2.62. The lowest BCUT2D eigenvalue weighted by atomic mass is 9.94. The number of thioether (sulfide) groups is 1. The molecule has 26 heavy (non-hydrogen) atoms. The smallest absolute Gasteiger partial charge is 0.312 e. The Balaban J connectivity index is 1.93. The van der Waals surface area contributed by atoms with E-state index in [4.69, 9.17) is 5.73 Å². The molecule has 0 radical (unpaired) electrons. The van der Waals surface area contributed by atoms with Gasteiger partial charge < -0.3 is 16.4 Å². The van der Waals surface area contributed by atoms with E-state index in [0.29, 0.717) is 13.0 Å². The largest absolute Gasteiger partial charge is 0.352 e. The quantitative estimate of drug-likeness (QED) is 0.643. The molecule has 144 valence electrons. The first-order valence-electron chi connectivity index (χ1n) is 8.98. The Bertz CT molecular complexity index is 636. The van der Waals surface area contributed by atoms with Gasteiger partial charge in [0.05, 0.1) is 0 Å². The van der Waals surface area contributed by atoms with Crippen molar-refractivity contribution in [3.63, 3.8) is 0 Å². The van der Waals surface area contributed by atoms with Gasteiger partial charge in [-0.1, -0.05) is 24.3 Å². The molecule has 1 aliphatic heterocycles. The normalized spacial score (nSPS) is 15.8. The maximum absolute atomic E-state index is 12.5. The fourth-order valence-electron chi connectivity index (χ4n) is 3.23. The van der Waals surface area contributed by atoms with Crippen LogP contribution in [0.5, 0.6) is 0 Å². The molecule has 1 aliphatic rings. The molecule has 4 N–H and O–H groups in total. The molecule has 1 unspecified atom stereocenters. The molecule has 0 saturated heterocycles. The van der Waals surface area contributed by atoms with Gasteiger partial charge in [-0.25, -0.2) is 4.79 Å².